The minimum Gasteiger partial charge on any atom is -0.503 e. The van der Waals surface area contributed by atoms with E-state index in [4.69, 9.17) is 9.84 Å². The van der Waals surface area contributed by atoms with Gasteiger partial charge in [0.2, 0.25) is 5.82 Å². The van der Waals surface area contributed by atoms with Gasteiger partial charge in [-0.2, -0.15) is 4.39 Å². The number of benzene rings is 1. The molecule has 3 rings (SSSR count). The van der Waals surface area contributed by atoms with E-state index < -0.39 is 77.3 Å². The quantitative estimate of drug-likeness (QED) is 0.327. The van der Waals surface area contributed by atoms with Crippen molar-refractivity contribution in [1.82, 2.24) is 5.32 Å². The number of carbonyl (C=O) groups is 1. The molecule has 1 aromatic carbocycles. The summed E-state index contributed by atoms with van der Waals surface area (Å²) in [5, 5.41) is 49.6. The van der Waals surface area contributed by atoms with E-state index in [1.165, 1.54) is 0 Å². The molecule has 28 heavy (non-hydrogen) atoms. The topological polar surface area (TPSA) is 170 Å². The average molecular weight is 403 g/mol. The van der Waals surface area contributed by atoms with Crippen LogP contribution in [0.5, 0.6) is 5.75 Å². The van der Waals surface area contributed by atoms with Gasteiger partial charge in [-0.15, -0.1) is 0 Å². The van der Waals surface area contributed by atoms with Crippen LogP contribution in [0.4, 0.5) is 8.78 Å². The third kappa shape index (κ3) is 3.31. The summed E-state index contributed by atoms with van der Waals surface area (Å²) >= 11 is 0. The zero-order valence-corrected chi connectivity index (χ0v) is 13.9. The maximum Gasteiger partial charge on any atom is 0.349 e. The normalized spacial score (nSPS) is 27.7. The summed E-state index contributed by atoms with van der Waals surface area (Å²) in [4.78, 5) is 24.3. The fourth-order valence-corrected chi connectivity index (χ4v) is 2.82. The molecule has 1 fully saturated rings. The van der Waals surface area contributed by atoms with Gasteiger partial charge in [-0.3, -0.25) is 4.79 Å². The lowest BCUT2D eigenvalue weighted by molar-refractivity contribution is -0.252. The zero-order chi connectivity index (χ0) is 20.7. The molecule has 5 atom stereocenters. The molecular formula is C16H15F2NO9. The molecule has 1 amide bonds. The van der Waals surface area contributed by atoms with Gasteiger partial charge >= 0.3 is 5.63 Å². The number of rotatable bonds is 3. The number of amides is 1. The highest BCUT2D eigenvalue weighted by molar-refractivity contribution is 5.97. The van der Waals surface area contributed by atoms with Gasteiger partial charge in [-0.1, -0.05) is 0 Å². The summed E-state index contributed by atoms with van der Waals surface area (Å²) in [5.41, 5.74) is -2.85. The number of carbonyl (C=O) groups excluding carboxylic acids is 1. The molecule has 0 bridgehead atoms. The summed E-state index contributed by atoms with van der Waals surface area (Å²) in [5.74, 6) is -5.43. The van der Waals surface area contributed by atoms with Gasteiger partial charge in [0.1, 0.15) is 29.9 Å². The molecule has 1 aliphatic rings. The van der Waals surface area contributed by atoms with E-state index in [2.05, 4.69) is 9.73 Å². The molecule has 0 radical (unpaired) electrons. The van der Waals surface area contributed by atoms with Crippen LogP contribution < -0.4 is 10.9 Å². The van der Waals surface area contributed by atoms with Crippen LogP contribution in [0.1, 0.15) is 10.4 Å². The van der Waals surface area contributed by atoms with Crippen molar-refractivity contribution in [3.05, 3.63) is 39.8 Å². The van der Waals surface area contributed by atoms with Gasteiger partial charge in [0, 0.05) is 5.39 Å². The number of hydrogen-bond acceptors (Lipinski definition) is 9. The SMILES string of the molecule is O=C(N[C@@H]1C(O)OC(CO)[C@H](O)C1O)c1cc2cc(F)c(O)c(F)c2oc1=O. The first kappa shape index (κ1) is 20.1. The maximum absolute atomic E-state index is 13.8. The second kappa shape index (κ2) is 7.41. The molecule has 2 aromatic rings. The van der Waals surface area contributed by atoms with E-state index in [-0.39, 0.29) is 5.39 Å². The highest BCUT2D eigenvalue weighted by Gasteiger charge is 2.44. The van der Waals surface area contributed by atoms with Crippen LogP contribution in [0.25, 0.3) is 11.0 Å². The van der Waals surface area contributed by atoms with Crippen molar-refractivity contribution in [3.63, 3.8) is 0 Å². The number of phenolic OH excluding ortho intramolecular Hbond substituents is 1. The largest absolute Gasteiger partial charge is 0.503 e. The van der Waals surface area contributed by atoms with Crippen molar-refractivity contribution in [1.29, 1.82) is 0 Å². The summed E-state index contributed by atoms with van der Waals surface area (Å²) < 4.78 is 36.8. The molecule has 3 unspecified atom stereocenters. The lowest BCUT2D eigenvalue weighted by atomic mass is 9.97. The van der Waals surface area contributed by atoms with Crippen LogP contribution in [0.15, 0.2) is 21.3 Å². The number of fused-ring (bicyclic) bond motifs is 1. The Hall–Kier alpha value is -2.64. The van der Waals surface area contributed by atoms with Crippen molar-refractivity contribution in [2.24, 2.45) is 0 Å². The molecule has 1 aliphatic heterocycles. The summed E-state index contributed by atoms with van der Waals surface area (Å²) in [7, 11) is 0. The Labute approximate surface area is 154 Å². The highest BCUT2D eigenvalue weighted by Crippen LogP contribution is 2.28. The zero-order valence-electron chi connectivity index (χ0n) is 13.9. The first-order chi connectivity index (χ1) is 13.1. The first-order valence-corrected chi connectivity index (χ1v) is 7.92. The monoisotopic (exact) mass is 403 g/mol. The number of hydrogen-bond donors (Lipinski definition) is 6. The third-order valence-electron chi connectivity index (χ3n) is 4.33. The second-order valence-electron chi connectivity index (χ2n) is 6.11. The van der Waals surface area contributed by atoms with Gasteiger partial charge in [0.15, 0.2) is 23.4 Å². The minimum atomic E-state index is -1.83. The average Bonchev–Trinajstić information content (AvgIpc) is 2.66. The van der Waals surface area contributed by atoms with Crippen LogP contribution in [0.3, 0.4) is 0 Å². The molecule has 1 aromatic heterocycles. The molecule has 6 N–H and O–H groups in total. The van der Waals surface area contributed by atoms with Crippen molar-refractivity contribution < 1.29 is 48.3 Å². The molecule has 0 spiro atoms. The number of nitrogens with one attached hydrogen (secondary N) is 1. The lowest BCUT2D eigenvalue weighted by Gasteiger charge is -2.40. The van der Waals surface area contributed by atoms with E-state index in [9.17, 15) is 38.8 Å². The van der Waals surface area contributed by atoms with Gasteiger partial charge in [0.25, 0.3) is 5.91 Å². The minimum absolute atomic E-state index is 0.348. The van der Waals surface area contributed by atoms with E-state index >= 15 is 0 Å². The van der Waals surface area contributed by atoms with Crippen LogP contribution in [-0.2, 0) is 4.74 Å². The number of halogens is 2. The molecule has 152 valence electrons. The van der Waals surface area contributed by atoms with E-state index in [1.807, 2.05) is 0 Å². The standard InChI is InChI=1S/C16H15F2NO9/c17-6-2-4-1-5(15(25)28-13(4)8(18)10(6)21)14(24)19-9-12(23)11(22)7(3-20)27-16(9)26/h1-2,7,9,11-12,16,20-23,26H,3H2,(H,19,24)/t7?,9-,11-,12?,16?/m0/s1. The molecule has 0 saturated carbocycles. The van der Waals surface area contributed by atoms with Crippen molar-refractivity contribution >= 4 is 16.9 Å². The van der Waals surface area contributed by atoms with Crippen molar-refractivity contribution in [2.45, 2.75) is 30.6 Å². The summed E-state index contributed by atoms with van der Waals surface area (Å²) in [6.07, 6.45) is -6.55. The van der Waals surface area contributed by atoms with Gasteiger partial charge in [-0.05, 0) is 12.1 Å². The van der Waals surface area contributed by atoms with Gasteiger partial charge in [-0.25, -0.2) is 9.18 Å². The third-order valence-corrected chi connectivity index (χ3v) is 4.33. The first-order valence-electron chi connectivity index (χ1n) is 7.92. The predicted molar refractivity (Wildman–Crippen MR) is 85.3 cm³/mol. The van der Waals surface area contributed by atoms with Crippen LogP contribution in [0.2, 0.25) is 0 Å². The van der Waals surface area contributed by atoms with Crippen molar-refractivity contribution in [3.8, 4) is 5.75 Å². The van der Waals surface area contributed by atoms with Crippen molar-refractivity contribution in [2.75, 3.05) is 6.61 Å². The fourth-order valence-electron chi connectivity index (χ4n) is 2.82. The number of phenols is 1. The van der Waals surface area contributed by atoms with Crippen LogP contribution in [-0.4, -0.2) is 68.7 Å². The summed E-state index contributed by atoms with van der Waals surface area (Å²) in [6, 6.07) is -0.165. The Morgan fingerprint density at radius 3 is 2.50 bits per heavy atom. The molecule has 10 nitrogen and oxygen atoms in total. The maximum atomic E-state index is 13.8. The Balaban J connectivity index is 1.92. The van der Waals surface area contributed by atoms with Gasteiger partial charge < -0.3 is 40.0 Å². The highest BCUT2D eigenvalue weighted by atomic mass is 19.1. The second-order valence-corrected chi connectivity index (χ2v) is 6.11. The Morgan fingerprint density at radius 1 is 1.18 bits per heavy atom. The lowest BCUT2D eigenvalue weighted by Crippen LogP contribution is -2.64. The Morgan fingerprint density at radius 2 is 1.86 bits per heavy atom. The predicted octanol–water partition coefficient (Wildman–Crippen LogP) is -1.69. The Bertz CT molecular complexity index is 979. The molecule has 12 heteroatoms. The van der Waals surface area contributed by atoms with E-state index in [1.54, 1.807) is 0 Å². The number of aromatic hydroxyl groups is 1. The number of aliphatic hydroxyl groups is 4. The van der Waals surface area contributed by atoms with Crippen LogP contribution >= 0.6 is 0 Å². The van der Waals surface area contributed by atoms with Gasteiger partial charge in [0.05, 0.1) is 6.61 Å². The molecular weight excluding hydrogens is 388 g/mol. The fraction of sp³-hybridized carbons (Fsp3) is 0.375. The molecule has 2 heterocycles. The molecule has 1 saturated heterocycles. The smallest absolute Gasteiger partial charge is 0.349 e. The van der Waals surface area contributed by atoms with Crippen LogP contribution in [0, 0.1) is 11.6 Å². The number of aliphatic hydroxyl groups excluding tert-OH is 4. The summed E-state index contributed by atoms with van der Waals surface area (Å²) in [6.45, 7) is -0.714. The molecule has 0 aliphatic carbocycles. The van der Waals surface area contributed by atoms with E-state index in [0.29, 0.717) is 6.07 Å². The Kier molecular flexibility index (Phi) is 5.32. The number of ether oxygens (including phenoxy) is 1. The van der Waals surface area contributed by atoms with E-state index in [0.717, 1.165) is 6.07 Å².